The summed E-state index contributed by atoms with van der Waals surface area (Å²) in [6.07, 6.45) is 5.20. The van der Waals surface area contributed by atoms with E-state index < -0.39 is 10.0 Å². The smallest absolute Gasteiger partial charge is 0.244 e. The molecular formula is C18H22N2O2S. The van der Waals surface area contributed by atoms with Crippen molar-refractivity contribution in [2.45, 2.75) is 44.6 Å². The molecule has 1 aromatic carbocycles. The number of benzene rings is 1. The summed E-state index contributed by atoms with van der Waals surface area (Å²) >= 11 is 0. The first-order chi connectivity index (χ1) is 10.9. The van der Waals surface area contributed by atoms with Crippen molar-refractivity contribution in [3.8, 4) is 0 Å². The Hall–Kier alpha value is -1.72. The zero-order valence-corrected chi connectivity index (χ0v) is 14.6. The van der Waals surface area contributed by atoms with Gasteiger partial charge in [0, 0.05) is 18.9 Å². The molecule has 1 saturated heterocycles. The van der Waals surface area contributed by atoms with Crippen LogP contribution >= 0.6 is 0 Å². The lowest BCUT2D eigenvalue weighted by Crippen LogP contribution is -2.31. The lowest BCUT2D eigenvalue weighted by molar-refractivity contribution is 0.395. The quantitative estimate of drug-likeness (QED) is 0.865. The van der Waals surface area contributed by atoms with Gasteiger partial charge in [-0.2, -0.15) is 4.31 Å². The fraction of sp³-hybridized carbons (Fsp3) is 0.389. The van der Waals surface area contributed by atoms with Gasteiger partial charge in [-0.3, -0.25) is 4.98 Å². The van der Waals surface area contributed by atoms with Gasteiger partial charge in [-0.25, -0.2) is 8.42 Å². The van der Waals surface area contributed by atoms with Crippen molar-refractivity contribution in [2.75, 3.05) is 6.54 Å². The SMILES string of the molecule is Cc1cc(C)c(S(=O)(=O)N2CCCC2c2cccnc2)c(C)c1. The second kappa shape index (κ2) is 6.06. The maximum atomic E-state index is 13.3. The molecule has 0 saturated carbocycles. The van der Waals surface area contributed by atoms with Gasteiger partial charge in [-0.05, 0) is 56.4 Å². The van der Waals surface area contributed by atoms with E-state index in [1.54, 1.807) is 16.7 Å². The van der Waals surface area contributed by atoms with E-state index in [-0.39, 0.29) is 6.04 Å². The van der Waals surface area contributed by atoms with Crippen LogP contribution in [-0.2, 0) is 10.0 Å². The molecule has 0 N–H and O–H groups in total. The van der Waals surface area contributed by atoms with Gasteiger partial charge in [-0.1, -0.05) is 23.8 Å². The van der Waals surface area contributed by atoms with Crippen LogP contribution in [0.2, 0.25) is 0 Å². The van der Waals surface area contributed by atoms with Crippen LogP contribution < -0.4 is 0 Å². The van der Waals surface area contributed by atoms with E-state index in [1.807, 2.05) is 45.0 Å². The second-order valence-electron chi connectivity index (χ2n) is 6.29. The summed E-state index contributed by atoms with van der Waals surface area (Å²) in [4.78, 5) is 4.60. The third kappa shape index (κ3) is 2.91. The number of nitrogens with zero attached hydrogens (tertiary/aromatic N) is 2. The van der Waals surface area contributed by atoms with E-state index in [0.29, 0.717) is 11.4 Å². The van der Waals surface area contributed by atoms with E-state index in [1.165, 1.54) is 0 Å². The molecule has 1 atom stereocenters. The third-order valence-corrected chi connectivity index (χ3v) is 6.66. The minimum absolute atomic E-state index is 0.117. The molecule has 5 heteroatoms. The Morgan fingerprint density at radius 3 is 2.48 bits per heavy atom. The highest BCUT2D eigenvalue weighted by molar-refractivity contribution is 7.89. The molecule has 1 aromatic heterocycles. The van der Waals surface area contributed by atoms with E-state index in [2.05, 4.69) is 4.98 Å². The second-order valence-corrected chi connectivity index (χ2v) is 8.12. The van der Waals surface area contributed by atoms with Crippen LogP contribution in [0.4, 0.5) is 0 Å². The van der Waals surface area contributed by atoms with Crippen molar-refractivity contribution < 1.29 is 8.42 Å². The van der Waals surface area contributed by atoms with Crippen LogP contribution in [0, 0.1) is 20.8 Å². The van der Waals surface area contributed by atoms with Crippen molar-refractivity contribution in [2.24, 2.45) is 0 Å². The summed E-state index contributed by atoms with van der Waals surface area (Å²) in [7, 11) is -3.51. The fourth-order valence-corrected chi connectivity index (χ4v) is 5.72. The number of aromatic nitrogens is 1. The first-order valence-corrected chi connectivity index (χ1v) is 9.35. The van der Waals surface area contributed by atoms with E-state index in [9.17, 15) is 8.42 Å². The molecule has 2 heterocycles. The van der Waals surface area contributed by atoms with Gasteiger partial charge in [0.25, 0.3) is 0 Å². The number of hydrogen-bond donors (Lipinski definition) is 0. The molecule has 0 bridgehead atoms. The van der Waals surface area contributed by atoms with Gasteiger partial charge in [0.15, 0.2) is 0 Å². The van der Waals surface area contributed by atoms with Crippen LogP contribution in [0.1, 0.15) is 41.1 Å². The summed E-state index contributed by atoms with van der Waals surface area (Å²) < 4.78 is 28.2. The Labute approximate surface area is 138 Å². The molecule has 0 radical (unpaired) electrons. The maximum absolute atomic E-state index is 13.3. The van der Waals surface area contributed by atoms with Gasteiger partial charge in [0.2, 0.25) is 10.0 Å². The minimum atomic E-state index is -3.51. The summed E-state index contributed by atoms with van der Waals surface area (Å²) in [5.41, 5.74) is 3.69. The lowest BCUT2D eigenvalue weighted by Gasteiger charge is -2.26. The standard InChI is InChI=1S/C18H22N2O2S/c1-13-10-14(2)18(15(3)11-13)23(21,22)20-9-5-7-17(20)16-6-4-8-19-12-16/h4,6,8,10-12,17H,5,7,9H2,1-3H3. The van der Waals surface area contributed by atoms with Crippen LogP contribution in [0.25, 0.3) is 0 Å². The average molecular weight is 330 g/mol. The number of aryl methyl sites for hydroxylation is 3. The Morgan fingerprint density at radius 2 is 1.87 bits per heavy atom. The van der Waals surface area contributed by atoms with Crippen LogP contribution in [0.5, 0.6) is 0 Å². The molecule has 1 aliphatic rings. The molecule has 1 unspecified atom stereocenters. The van der Waals surface area contributed by atoms with Crippen LogP contribution in [-0.4, -0.2) is 24.3 Å². The molecule has 0 spiro atoms. The molecule has 1 fully saturated rings. The fourth-order valence-electron chi connectivity index (χ4n) is 3.62. The zero-order valence-electron chi connectivity index (χ0n) is 13.8. The van der Waals surface area contributed by atoms with Gasteiger partial charge in [-0.15, -0.1) is 0 Å². The molecule has 23 heavy (non-hydrogen) atoms. The molecule has 3 rings (SSSR count). The normalized spacial score (nSPS) is 19.2. The van der Waals surface area contributed by atoms with Crippen molar-refractivity contribution >= 4 is 10.0 Å². The topological polar surface area (TPSA) is 50.3 Å². The number of rotatable bonds is 3. The number of hydrogen-bond acceptors (Lipinski definition) is 3. The van der Waals surface area contributed by atoms with Crippen molar-refractivity contribution in [1.82, 2.24) is 9.29 Å². The van der Waals surface area contributed by atoms with Gasteiger partial charge >= 0.3 is 0 Å². The molecule has 4 nitrogen and oxygen atoms in total. The molecule has 122 valence electrons. The number of pyridine rings is 1. The monoisotopic (exact) mass is 330 g/mol. The largest absolute Gasteiger partial charge is 0.264 e. The summed E-state index contributed by atoms with van der Waals surface area (Å²) in [5, 5.41) is 0. The maximum Gasteiger partial charge on any atom is 0.244 e. The summed E-state index contributed by atoms with van der Waals surface area (Å²) in [6.45, 7) is 6.31. The number of sulfonamides is 1. The molecule has 0 aliphatic carbocycles. The Balaban J connectivity index is 2.06. The van der Waals surface area contributed by atoms with E-state index in [4.69, 9.17) is 0 Å². The highest BCUT2D eigenvalue weighted by atomic mass is 32.2. The predicted molar refractivity (Wildman–Crippen MR) is 90.8 cm³/mol. The Bertz CT molecular complexity index is 793. The zero-order chi connectivity index (χ0) is 16.6. The lowest BCUT2D eigenvalue weighted by atomic mass is 10.1. The Kier molecular flexibility index (Phi) is 4.25. The summed E-state index contributed by atoms with van der Waals surface area (Å²) in [6, 6.07) is 7.58. The van der Waals surface area contributed by atoms with Crippen molar-refractivity contribution in [3.05, 3.63) is 58.9 Å². The first kappa shape index (κ1) is 16.1. The summed E-state index contributed by atoms with van der Waals surface area (Å²) in [5.74, 6) is 0. The average Bonchev–Trinajstić information content (AvgIpc) is 2.97. The Morgan fingerprint density at radius 1 is 1.17 bits per heavy atom. The predicted octanol–water partition coefficient (Wildman–Crippen LogP) is 3.53. The van der Waals surface area contributed by atoms with Gasteiger partial charge in [0.05, 0.1) is 10.9 Å². The first-order valence-electron chi connectivity index (χ1n) is 7.91. The van der Waals surface area contributed by atoms with Gasteiger partial charge in [0.1, 0.15) is 0 Å². The van der Waals surface area contributed by atoms with Crippen molar-refractivity contribution in [1.29, 1.82) is 0 Å². The van der Waals surface area contributed by atoms with Crippen molar-refractivity contribution in [3.63, 3.8) is 0 Å². The van der Waals surface area contributed by atoms with E-state index in [0.717, 1.165) is 35.1 Å². The van der Waals surface area contributed by atoms with Gasteiger partial charge < -0.3 is 0 Å². The van der Waals surface area contributed by atoms with Crippen LogP contribution in [0.3, 0.4) is 0 Å². The third-order valence-electron chi connectivity index (χ3n) is 4.44. The highest BCUT2D eigenvalue weighted by Crippen LogP contribution is 2.37. The minimum Gasteiger partial charge on any atom is -0.264 e. The molecule has 1 aliphatic heterocycles. The van der Waals surface area contributed by atoms with E-state index >= 15 is 0 Å². The highest BCUT2D eigenvalue weighted by Gasteiger charge is 2.37. The molecule has 2 aromatic rings. The van der Waals surface area contributed by atoms with Crippen LogP contribution in [0.15, 0.2) is 41.6 Å². The molecular weight excluding hydrogens is 308 g/mol. The molecule has 0 amide bonds.